The molecule has 1 rings (SSSR count). The molecule has 0 nitrogen and oxygen atoms in total. The SMILES string of the molecule is CC(C)(C)c1cc(CP)c(C(C)(C)C)c(C(C)(C)C)c1C(C)(C)C. The first kappa shape index (κ1) is 21.7. The maximum absolute atomic E-state index is 2.96. The van der Waals surface area contributed by atoms with Crippen LogP contribution in [0.4, 0.5) is 0 Å². The second-order valence-corrected chi connectivity index (χ2v) is 11.8. The Labute approximate surface area is 154 Å². The predicted molar refractivity (Wildman–Crippen MR) is 115 cm³/mol. The van der Waals surface area contributed by atoms with E-state index < -0.39 is 0 Å². The van der Waals surface area contributed by atoms with Gasteiger partial charge in [-0.15, -0.1) is 9.24 Å². The first-order valence-corrected chi connectivity index (χ1v) is 10.2. The summed E-state index contributed by atoms with van der Waals surface area (Å²) < 4.78 is 0. The number of benzene rings is 1. The summed E-state index contributed by atoms with van der Waals surface area (Å²) in [6.07, 6.45) is 1.02. The Balaban J connectivity index is 4.24. The van der Waals surface area contributed by atoms with Gasteiger partial charge in [-0.2, -0.15) is 0 Å². The summed E-state index contributed by atoms with van der Waals surface area (Å²) in [6, 6.07) is 2.50. The predicted octanol–water partition coefficient (Wildman–Crippen LogP) is 7.25. The molecule has 0 bridgehead atoms. The van der Waals surface area contributed by atoms with Gasteiger partial charge in [0.1, 0.15) is 0 Å². The maximum Gasteiger partial charge on any atom is -0.0125 e. The van der Waals surface area contributed by atoms with Crippen molar-refractivity contribution < 1.29 is 0 Å². The summed E-state index contributed by atoms with van der Waals surface area (Å²) in [6.45, 7) is 28.4. The van der Waals surface area contributed by atoms with Gasteiger partial charge in [0.05, 0.1) is 0 Å². The summed E-state index contributed by atoms with van der Waals surface area (Å²) in [5.74, 6) is 0. The van der Waals surface area contributed by atoms with Crippen LogP contribution in [0.25, 0.3) is 0 Å². The average molecular weight is 349 g/mol. The highest BCUT2D eigenvalue weighted by molar-refractivity contribution is 7.15. The average Bonchev–Trinajstić information content (AvgIpc) is 2.31. The molecule has 0 saturated carbocycles. The molecule has 1 aromatic carbocycles. The molecule has 24 heavy (non-hydrogen) atoms. The molecule has 0 saturated heterocycles. The largest absolute Gasteiger partial charge is 0.133 e. The zero-order chi connectivity index (χ0) is 19.3. The molecule has 1 unspecified atom stereocenters. The van der Waals surface area contributed by atoms with Gasteiger partial charge in [-0.05, 0) is 55.6 Å². The zero-order valence-corrected chi connectivity index (χ0v) is 19.5. The molecule has 0 aromatic heterocycles. The molecular weight excluding hydrogens is 307 g/mol. The second kappa shape index (κ2) is 6.42. The molecule has 0 aliphatic rings. The molecule has 0 fully saturated rings. The van der Waals surface area contributed by atoms with Gasteiger partial charge in [-0.25, -0.2) is 0 Å². The molecule has 0 aliphatic carbocycles. The van der Waals surface area contributed by atoms with E-state index in [2.05, 4.69) is 98.4 Å². The van der Waals surface area contributed by atoms with Crippen molar-refractivity contribution in [1.82, 2.24) is 0 Å². The van der Waals surface area contributed by atoms with Crippen LogP contribution in [-0.4, -0.2) is 0 Å². The molecule has 0 heterocycles. The highest BCUT2D eigenvalue weighted by Gasteiger charge is 2.37. The van der Waals surface area contributed by atoms with Gasteiger partial charge in [0.15, 0.2) is 0 Å². The molecule has 1 aromatic rings. The monoisotopic (exact) mass is 348 g/mol. The lowest BCUT2D eigenvalue weighted by Gasteiger charge is -2.42. The van der Waals surface area contributed by atoms with E-state index in [1.54, 1.807) is 16.7 Å². The Morgan fingerprint density at radius 1 is 0.583 bits per heavy atom. The molecule has 0 N–H and O–H groups in total. The Morgan fingerprint density at radius 3 is 1.21 bits per heavy atom. The van der Waals surface area contributed by atoms with Crippen LogP contribution in [0.5, 0.6) is 0 Å². The topological polar surface area (TPSA) is 0 Å². The van der Waals surface area contributed by atoms with Crippen LogP contribution >= 0.6 is 9.24 Å². The van der Waals surface area contributed by atoms with Crippen molar-refractivity contribution >= 4 is 9.24 Å². The minimum atomic E-state index is 0.126. The summed E-state index contributed by atoms with van der Waals surface area (Å²) in [4.78, 5) is 0. The second-order valence-electron chi connectivity index (χ2n) is 11.4. The maximum atomic E-state index is 2.96. The Hall–Kier alpha value is -0.350. The normalized spacial score (nSPS) is 14.2. The van der Waals surface area contributed by atoms with E-state index in [0.717, 1.165) is 6.16 Å². The third kappa shape index (κ3) is 4.43. The van der Waals surface area contributed by atoms with Gasteiger partial charge in [0, 0.05) is 0 Å². The van der Waals surface area contributed by atoms with E-state index in [0.29, 0.717) is 0 Å². The fraction of sp³-hybridized carbons (Fsp3) is 0.739. The molecule has 0 radical (unpaired) electrons. The van der Waals surface area contributed by atoms with Gasteiger partial charge in [0.2, 0.25) is 0 Å². The van der Waals surface area contributed by atoms with Crippen LogP contribution in [0.2, 0.25) is 0 Å². The first-order valence-electron chi connectivity index (χ1n) is 9.34. The lowest BCUT2D eigenvalue weighted by Crippen LogP contribution is -2.33. The lowest BCUT2D eigenvalue weighted by molar-refractivity contribution is 0.474. The van der Waals surface area contributed by atoms with Gasteiger partial charge in [0.25, 0.3) is 0 Å². The van der Waals surface area contributed by atoms with Crippen LogP contribution in [0.3, 0.4) is 0 Å². The standard InChI is InChI=1S/C23H41P/c1-20(2,3)16-13-15(14-24)17(21(4,5)6)19(23(10,11)12)18(16)22(7,8)9/h13H,14,24H2,1-12H3. The third-order valence-electron chi connectivity index (χ3n) is 4.69. The molecule has 138 valence electrons. The van der Waals surface area contributed by atoms with Crippen molar-refractivity contribution in [1.29, 1.82) is 0 Å². The molecule has 0 amide bonds. The summed E-state index contributed by atoms with van der Waals surface area (Å²) in [7, 11) is 2.96. The fourth-order valence-corrected chi connectivity index (χ4v) is 4.20. The lowest BCUT2D eigenvalue weighted by atomic mass is 9.63. The zero-order valence-electron chi connectivity index (χ0n) is 18.4. The van der Waals surface area contributed by atoms with Crippen molar-refractivity contribution in [2.75, 3.05) is 0 Å². The fourth-order valence-electron chi connectivity index (χ4n) is 3.88. The van der Waals surface area contributed by atoms with Gasteiger partial charge in [-0.3, -0.25) is 0 Å². The Morgan fingerprint density at radius 2 is 0.958 bits per heavy atom. The Kier molecular flexibility index (Phi) is 5.81. The van der Waals surface area contributed by atoms with Gasteiger partial charge in [-0.1, -0.05) is 89.2 Å². The van der Waals surface area contributed by atoms with Crippen LogP contribution in [0.1, 0.15) is 111 Å². The van der Waals surface area contributed by atoms with E-state index in [9.17, 15) is 0 Å². The highest BCUT2D eigenvalue weighted by Crippen LogP contribution is 2.47. The molecular formula is C23H41P. The summed E-state index contributed by atoms with van der Waals surface area (Å²) in [5.41, 5.74) is 8.26. The van der Waals surface area contributed by atoms with E-state index in [1.807, 2.05) is 0 Å². The molecule has 1 atom stereocenters. The van der Waals surface area contributed by atoms with Crippen LogP contribution in [0, 0.1) is 0 Å². The van der Waals surface area contributed by atoms with Crippen molar-refractivity contribution in [3.63, 3.8) is 0 Å². The minimum absolute atomic E-state index is 0.126. The molecule has 0 aliphatic heterocycles. The summed E-state index contributed by atoms with van der Waals surface area (Å²) >= 11 is 0. The number of hydrogen-bond donors (Lipinski definition) is 0. The Bertz CT molecular complexity index is 593. The first-order chi connectivity index (χ1) is 10.4. The van der Waals surface area contributed by atoms with Crippen LogP contribution in [-0.2, 0) is 27.8 Å². The van der Waals surface area contributed by atoms with Gasteiger partial charge < -0.3 is 0 Å². The molecule has 1 heteroatoms. The van der Waals surface area contributed by atoms with E-state index in [4.69, 9.17) is 0 Å². The molecule has 0 spiro atoms. The smallest absolute Gasteiger partial charge is 0.0125 e. The van der Waals surface area contributed by atoms with Crippen molar-refractivity contribution in [3.8, 4) is 0 Å². The van der Waals surface area contributed by atoms with Crippen molar-refractivity contribution in [2.45, 2.75) is 111 Å². The number of rotatable bonds is 1. The van der Waals surface area contributed by atoms with Crippen molar-refractivity contribution in [3.05, 3.63) is 33.9 Å². The van der Waals surface area contributed by atoms with Crippen LogP contribution < -0.4 is 0 Å². The van der Waals surface area contributed by atoms with E-state index >= 15 is 0 Å². The highest BCUT2D eigenvalue weighted by atomic mass is 31.0. The van der Waals surface area contributed by atoms with Gasteiger partial charge >= 0.3 is 0 Å². The minimum Gasteiger partial charge on any atom is -0.133 e. The summed E-state index contributed by atoms with van der Waals surface area (Å²) in [5, 5.41) is 0. The number of hydrogen-bond acceptors (Lipinski definition) is 0. The van der Waals surface area contributed by atoms with Crippen molar-refractivity contribution in [2.24, 2.45) is 0 Å². The van der Waals surface area contributed by atoms with Crippen LogP contribution in [0.15, 0.2) is 6.07 Å². The van der Waals surface area contributed by atoms with E-state index in [-0.39, 0.29) is 21.7 Å². The quantitative estimate of drug-likeness (QED) is 0.469. The third-order valence-corrected chi connectivity index (χ3v) is 5.13. The van der Waals surface area contributed by atoms with E-state index in [1.165, 1.54) is 11.1 Å².